The molecule has 14 heavy (non-hydrogen) atoms. The summed E-state index contributed by atoms with van der Waals surface area (Å²) >= 11 is 6.08. The van der Waals surface area contributed by atoms with Crippen LogP contribution in [0.25, 0.3) is 0 Å². The highest BCUT2D eigenvalue weighted by molar-refractivity contribution is 6.31. The maximum absolute atomic E-state index is 6.08. The first kappa shape index (κ1) is 9.81. The van der Waals surface area contributed by atoms with Crippen LogP contribution >= 0.6 is 11.6 Å². The molecule has 1 fully saturated rings. The summed E-state index contributed by atoms with van der Waals surface area (Å²) in [6, 6.07) is 6.21. The maximum atomic E-state index is 6.08. The van der Waals surface area contributed by atoms with Gasteiger partial charge in [-0.3, -0.25) is 0 Å². The molecule has 1 aliphatic rings. The number of aryl methyl sites for hydroxylation is 1. The summed E-state index contributed by atoms with van der Waals surface area (Å²) in [5.74, 6) is 0. The summed E-state index contributed by atoms with van der Waals surface area (Å²) in [4.78, 5) is 2.30. The van der Waals surface area contributed by atoms with Crippen LogP contribution in [0.1, 0.15) is 5.56 Å². The fourth-order valence-corrected chi connectivity index (χ4v) is 1.77. The molecule has 2 rings (SSSR count). The zero-order valence-electron chi connectivity index (χ0n) is 8.29. The molecule has 3 heteroatoms. The van der Waals surface area contributed by atoms with Gasteiger partial charge in [-0.05, 0) is 24.6 Å². The lowest BCUT2D eigenvalue weighted by Gasteiger charge is -2.29. The number of nitrogens with zero attached hydrogens (tertiary/aromatic N) is 1. The van der Waals surface area contributed by atoms with Gasteiger partial charge in [-0.15, -0.1) is 0 Å². The highest BCUT2D eigenvalue weighted by Crippen LogP contribution is 2.23. The van der Waals surface area contributed by atoms with Crippen LogP contribution in [0.15, 0.2) is 18.2 Å². The molecule has 76 valence electrons. The maximum Gasteiger partial charge on any atom is 0.0642 e. The van der Waals surface area contributed by atoms with Gasteiger partial charge in [0.05, 0.1) is 13.2 Å². The Morgan fingerprint density at radius 3 is 2.64 bits per heavy atom. The Bertz CT molecular complexity index is 321. The van der Waals surface area contributed by atoms with E-state index in [9.17, 15) is 0 Å². The quantitative estimate of drug-likeness (QED) is 0.708. The molecular formula is C11H14ClNO. The number of anilines is 1. The van der Waals surface area contributed by atoms with Crippen LogP contribution < -0.4 is 4.90 Å². The Labute approximate surface area is 89.4 Å². The van der Waals surface area contributed by atoms with E-state index in [1.54, 1.807) is 0 Å². The van der Waals surface area contributed by atoms with E-state index < -0.39 is 0 Å². The third-order valence-corrected chi connectivity index (χ3v) is 2.94. The Morgan fingerprint density at radius 2 is 2.00 bits per heavy atom. The minimum atomic E-state index is 0.811. The lowest BCUT2D eigenvalue weighted by atomic mass is 10.2. The lowest BCUT2D eigenvalue weighted by molar-refractivity contribution is 0.122. The smallest absolute Gasteiger partial charge is 0.0642 e. The normalized spacial score (nSPS) is 17.1. The van der Waals surface area contributed by atoms with Crippen LogP contribution in [-0.2, 0) is 4.74 Å². The number of hydrogen-bond acceptors (Lipinski definition) is 2. The topological polar surface area (TPSA) is 12.5 Å². The van der Waals surface area contributed by atoms with Crippen molar-refractivity contribution in [3.8, 4) is 0 Å². The molecule has 0 aliphatic carbocycles. The van der Waals surface area contributed by atoms with Crippen molar-refractivity contribution < 1.29 is 4.74 Å². The Kier molecular flexibility index (Phi) is 2.94. The summed E-state index contributed by atoms with van der Waals surface area (Å²) in [5, 5.41) is 0.842. The van der Waals surface area contributed by atoms with Gasteiger partial charge in [0.1, 0.15) is 0 Å². The van der Waals surface area contributed by atoms with Crippen LogP contribution in [-0.4, -0.2) is 26.3 Å². The number of morpholine rings is 1. The minimum Gasteiger partial charge on any atom is -0.378 e. The van der Waals surface area contributed by atoms with Crippen molar-refractivity contribution in [2.24, 2.45) is 0 Å². The van der Waals surface area contributed by atoms with Gasteiger partial charge in [0.25, 0.3) is 0 Å². The second kappa shape index (κ2) is 4.20. The molecule has 0 radical (unpaired) electrons. The molecule has 0 saturated carbocycles. The van der Waals surface area contributed by atoms with E-state index in [4.69, 9.17) is 16.3 Å². The molecule has 0 atom stereocenters. The molecule has 0 unspecified atom stereocenters. The molecule has 2 nitrogen and oxygen atoms in total. The Balaban J connectivity index is 2.18. The molecule has 1 saturated heterocycles. The molecule has 0 aromatic heterocycles. The number of ether oxygens (including phenoxy) is 1. The van der Waals surface area contributed by atoms with Gasteiger partial charge in [0, 0.05) is 23.8 Å². The summed E-state index contributed by atoms with van der Waals surface area (Å²) < 4.78 is 5.30. The number of rotatable bonds is 1. The molecular weight excluding hydrogens is 198 g/mol. The van der Waals surface area contributed by atoms with E-state index in [1.807, 2.05) is 13.0 Å². The van der Waals surface area contributed by atoms with Gasteiger partial charge < -0.3 is 9.64 Å². The van der Waals surface area contributed by atoms with Crippen LogP contribution in [0, 0.1) is 6.92 Å². The molecule has 1 aromatic rings. The van der Waals surface area contributed by atoms with Crippen molar-refractivity contribution in [3.63, 3.8) is 0 Å². The van der Waals surface area contributed by atoms with Crippen molar-refractivity contribution in [2.75, 3.05) is 31.2 Å². The van der Waals surface area contributed by atoms with Gasteiger partial charge >= 0.3 is 0 Å². The fraction of sp³-hybridized carbons (Fsp3) is 0.455. The Morgan fingerprint density at radius 1 is 1.29 bits per heavy atom. The van der Waals surface area contributed by atoms with Gasteiger partial charge in [0.2, 0.25) is 0 Å². The van der Waals surface area contributed by atoms with Crippen LogP contribution in [0.2, 0.25) is 5.02 Å². The molecule has 0 amide bonds. The van der Waals surface area contributed by atoms with E-state index in [0.717, 1.165) is 36.9 Å². The first-order valence-electron chi connectivity index (χ1n) is 4.86. The van der Waals surface area contributed by atoms with E-state index in [1.165, 1.54) is 5.69 Å². The van der Waals surface area contributed by atoms with E-state index >= 15 is 0 Å². The van der Waals surface area contributed by atoms with Gasteiger partial charge in [-0.1, -0.05) is 17.7 Å². The van der Waals surface area contributed by atoms with E-state index in [-0.39, 0.29) is 0 Å². The number of benzene rings is 1. The number of halogens is 1. The highest BCUT2D eigenvalue weighted by Gasteiger charge is 2.11. The Hall–Kier alpha value is -0.730. The fourth-order valence-electron chi connectivity index (χ4n) is 1.60. The molecule has 1 heterocycles. The molecule has 0 N–H and O–H groups in total. The summed E-state index contributed by atoms with van der Waals surface area (Å²) in [6.07, 6.45) is 0. The summed E-state index contributed by atoms with van der Waals surface area (Å²) in [7, 11) is 0. The zero-order chi connectivity index (χ0) is 9.97. The SMILES string of the molecule is Cc1ccc(N2CCOCC2)cc1Cl. The first-order valence-corrected chi connectivity index (χ1v) is 5.24. The summed E-state index contributed by atoms with van der Waals surface area (Å²) in [6.45, 7) is 5.56. The number of hydrogen-bond donors (Lipinski definition) is 0. The predicted octanol–water partition coefficient (Wildman–Crippen LogP) is 2.49. The van der Waals surface area contributed by atoms with Crippen molar-refractivity contribution in [1.82, 2.24) is 0 Å². The minimum absolute atomic E-state index is 0.811. The zero-order valence-corrected chi connectivity index (χ0v) is 9.05. The molecule has 1 aromatic carbocycles. The van der Waals surface area contributed by atoms with Crippen molar-refractivity contribution >= 4 is 17.3 Å². The first-order chi connectivity index (χ1) is 6.77. The highest BCUT2D eigenvalue weighted by atomic mass is 35.5. The van der Waals surface area contributed by atoms with Crippen LogP contribution in [0.3, 0.4) is 0 Å². The van der Waals surface area contributed by atoms with Crippen LogP contribution in [0.5, 0.6) is 0 Å². The van der Waals surface area contributed by atoms with Gasteiger partial charge in [-0.2, -0.15) is 0 Å². The summed E-state index contributed by atoms with van der Waals surface area (Å²) in [5.41, 5.74) is 2.33. The average molecular weight is 212 g/mol. The monoisotopic (exact) mass is 211 g/mol. The lowest BCUT2D eigenvalue weighted by Crippen LogP contribution is -2.36. The van der Waals surface area contributed by atoms with Crippen molar-refractivity contribution in [1.29, 1.82) is 0 Å². The third-order valence-electron chi connectivity index (χ3n) is 2.53. The van der Waals surface area contributed by atoms with Crippen molar-refractivity contribution in [2.45, 2.75) is 6.92 Å². The van der Waals surface area contributed by atoms with Gasteiger partial charge in [-0.25, -0.2) is 0 Å². The average Bonchev–Trinajstić information content (AvgIpc) is 2.23. The third kappa shape index (κ3) is 2.02. The second-order valence-corrected chi connectivity index (χ2v) is 3.94. The van der Waals surface area contributed by atoms with E-state index in [2.05, 4.69) is 17.0 Å². The standard InChI is InChI=1S/C11H14ClNO/c1-9-2-3-10(8-11(9)12)13-4-6-14-7-5-13/h2-3,8H,4-7H2,1H3. The molecule has 1 aliphatic heterocycles. The van der Waals surface area contributed by atoms with Crippen molar-refractivity contribution in [3.05, 3.63) is 28.8 Å². The predicted molar refractivity (Wildman–Crippen MR) is 59.2 cm³/mol. The largest absolute Gasteiger partial charge is 0.378 e. The van der Waals surface area contributed by atoms with E-state index in [0.29, 0.717) is 0 Å². The second-order valence-electron chi connectivity index (χ2n) is 3.53. The molecule has 0 bridgehead atoms. The van der Waals surface area contributed by atoms with Gasteiger partial charge in [0.15, 0.2) is 0 Å². The van der Waals surface area contributed by atoms with Crippen LogP contribution in [0.4, 0.5) is 5.69 Å². The molecule has 0 spiro atoms.